The van der Waals surface area contributed by atoms with Crippen molar-refractivity contribution < 1.29 is 14.0 Å². The van der Waals surface area contributed by atoms with E-state index in [9.17, 15) is 0 Å². The first-order valence-electron chi connectivity index (χ1n) is 6.43. The highest BCUT2D eigenvalue weighted by atomic mass is 16.6. The first kappa shape index (κ1) is 11.9. The number of aryl methyl sites for hydroxylation is 1. The van der Waals surface area contributed by atoms with Crippen LogP contribution in [0.2, 0.25) is 0 Å². The molecule has 1 aromatic carbocycles. The van der Waals surface area contributed by atoms with E-state index in [2.05, 4.69) is 12.1 Å². The third-order valence-electron chi connectivity index (χ3n) is 3.10. The second-order valence-corrected chi connectivity index (χ2v) is 4.47. The average molecular weight is 260 g/mol. The number of hydrogen-bond acceptors (Lipinski definition) is 5. The van der Waals surface area contributed by atoms with Crippen LogP contribution in [-0.2, 0) is 6.42 Å². The zero-order valence-corrected chi connectivity index (χ0v) is 10.8. The molecule has 0 unspecified atom stereocenters. The highest BCUT2D eigenvalue weighted by Crippen LogP contribution is 2.37. The predicted octanol–water partition coefficient (Wildman–Crippen LogP) is 2.65. The first-order chi connectivity index (χ1) is 9.29. The maximum Gasteiger partial charge on any atom is 0.175 e. The van der Waals surface area contributed by atoms with E-state index < -0.39 is 0 Å². The Labute approximate surface area is 111 Å². The number of fused-ring (bicyclic) bond motifs is 1. The van der Waals surface area contributed by atoms with Gasteiger partial charge in [0.2, 0.25) is 0 Å². The van der Waals surface area contributed by atoms with Gasteiger partial charge in [0.25, 0.3) is 0 Å². The summed E-state index contributed by atoms with van der Waals surface area (Å²) in [6.45, 7) is 3.24. The quantitative estimate of drug-likeness (QED) is 0.918. The number of ether oxygens (including phenoxy) is 2. The summed E-state index contributed by atoms with van der Waals surface area (Å²) in [4.78, 5) is 0. The SMILES string of the molecule is CCCc1onc(N)c1-c1ccc2c(c1)OCCO2. The number of aromatic nitrogens is 1. The molecule has 0 amide bonds. The van der Waals surface area contributed by atoms with Gasteiger partial charge in [0, 0.05) is 6.42 Å². The lowest BCUT2D eigenvalue weighted by Gasteiger charge is -2.18. The Balaban J connectivity index is 2.04. The van der Waals surface area contributed by atoms with Gasteiger partial charge in [-0.05, 0) is 24.1 Å². The second kappa shape index (κ2) is 4.84. The molecule has 0 spiro atoms. The van der Waals surface area contributed by atoms with Crippen LogP contribution in [0.25, 0.3) is 11.1 Å². The van der Waals surface area contributed by atoms with Gasteiger partial charge in [-0.15, -0.1) is 0 Å². The Morgan fingerprint density at radius 3 is 2.79 bits per heavy atom. The van der Waals surface area contributed by atoms with Crippen LogP contribution in [-0.4, -0.2) is 18.4 Å². The van der Waals surface area contributed by atoms with Crippen molar-refractivity contribution in [3.05, 3.63) is 24.0 Å². The van der Waals surface area contributed by atoms with Gasteiger partial charge in [-0.2, -0.15) is 0 Å². The fourth-order valence-corrected chi connectivity index (χ4v) is 2.24. The molecule has 2 heterocycles. The number of nitrogen functional groups attached to an aromatic ring is 1. The molecule has 0 bridgehead atoms. The van der Waals surface area contributed by atoms with Crippen LogP contribution < -0.4 is 15.2 Å². The van der Waals surface area contributed by atoms with Gasteiger partial charge in [-0.25, -0.2) is 0 Å². The van der Waals surface area contributed by atoms with Gasteiger partial charge >= 0.3 is 0 Å². The van der Waals surface area contributed by atoms with E-state index in [4.69, 9.17) is 19.7 Å². The van der Waals surface area contributed by atoms with E-state index in [0.717, 1.165) is 41.2 Å². The lowest BCUT2D eigenvalue weighted by atomic mass is 10.0. The van der Waals surface area contributed by atoms with E-state index in [1.807, 2.05) is 18.2 Å². The van der Waals surface area contributed by atoms with Crippen molar-refractivity contribution in [1.82, 2.24) is 5.16 Å². The molecular weight excluding hydrogens is 244 g/mol. The van der Waals surface area contributed by atoms with Crippen molar-refractivity contribution in [3.8, 4) is 22.6 Å². The fourth-order valence-electron chi connectivity index (χ4n) is 2.24. The van der Waals surface area contributed by atoms with E-state index in [1.165, 1.54) is 0 Å². The second-order valence-electron chi connectivity index (χ2n) is 4.47. The monoisotopic (exact) mass is 260 g/mol. The van der Waals surface area contributed by atoms with Gasteiger partial charge in [0.05, 0.1) is 5.56 Å². The maximum absolute atomic E-state index is 5.90. The third-order valence-corrected chi connectivity index (χ3v) is 3.10. The Bertz CT molecular complexity index is 592. The molecule has 19 heavy (non-hydrogen) atoms. The lowest BCUT2D eigenvalue weighted by Crippen LogP contribution is -2.15. The Hall–Kier alpha value is -2.17. The number of nitrogens with zero attached hydrogens (tertiary/aromatic N) is 1. The maximum atomic E-state index is 5.90. The molecule has 1 aliphatic rings. The van der Waals surface area contributed by atoms with Crippen molar-refractivity contribution in [1.29, 1.82) is 0 Å². The van der Waals surface area contributed by atoms with Crippen molar-refractivity contribution in [2.45, 2.75) is 19.8 Å². The van der Waals surface area contributed by atoms with Crippen molar-refractivity contribution >= 4 is 5.82 Å². The summed E-state index contributed by atoms with van der Waals surface area (Å²) >= 11 is 0. The topological polar surface area (TPSA) is 70.5 Å². The number of hydrogen-bond donors (Lipinski definition) is 1. The molecule has 0 radical (unpaired) electrons. The molecule has 0 aliphatic carbocycles. The highest BCUT2D eigenvalue weighted by molar-refractivity contribution is 5.77. The molecule has 2 N–H and O–H groups in total. The molecule has 5 heteroatoms. The van der Waals surface area contributed by atoms with Crippen LogP contribution >= 0.6 is 0 Å². The summed E-state index contributed by atoms with van der Waals surface area (Å²) in [6, 6.07) is 5.78. The molecular formula is C14H16N2O3. The van der Waals surface area contributed by atoms with Gasteiger partial charge in [0.15, 0.2) is 17.3 Å². The van der Waals surface area contributed by atoms with Gasteiger partial charge < -0.3 is 19.7 Å². The minimum absolute atomic E-state index is 0.417. The average Bonchev–Trinajstić information content (AvgIpc) is 2.80. The standard InChI is InChI=1S/C14H16N2O3/c1-2-3-11-13(14(15)16-19-11)9-4-5-10-12(8-9)18-7-6-17-10/h4-5,8H,2-3,6-7H2,1H3,(H2,15,16). The summed E-state index contributed by atoms with van der Waals surface area (Å²) in [5, 5.41) is 3.85. The molecule has 100 valence electrons. The van der Waals surface area contributed by atoms with Crippen LogP contribution in [0.5, 0.6) is 11.5 Å². The van der Waals surface area contributed by atoms with Crippen LogP contribution in [0.3, 0.4) is 0 Å². The van der Waals surface area contributed by atoms with Gasteiger partial charge in [-0.3, -0.25) is 0 Å². The molecule has 0 fully saturated rings. The normalized spacial score (nSPS) is 13.5. The number of benzene rings is 1. The van der Waals surface area contributed by atoms with Crippen LogP contribution in [0.1, 0.15) is 19.1 Å². The van der Waals surface area contributed by atoms with Crippen LogP contribution in [0.4, 0.5) is 5.82 Å². The fraction of sp³-hybridized carbons (Fsp3) is 0.357. The van der Waals surface area contributed by atoms with E-state index >= 15 is 0 Å². The predicted molar refractivity (Wildman–Crippen MR) is 71.3 cm³/mol. The zero-order chi connectivity index (χ0) is 13.2. The summed E-state index contributed by atoms with van der Waals surface area (Å²) in [5.41, 5.74) is 7.71. The zero-order valence-electron chi connectivity index (χ0n) is 10.8. The lowest BCUT2D eigenvalue weighted by molar-refractivity contribution is 0.171. The number of anilines is 1. The van der Waals surface area contributed by atoms with E-state index in [0.29, 0.717) is 19.0 Å². The summed E-state index contributed by atoms with van der Waals surface area (Å²) in [5.74, 6) is 2.74. The minimum Gasteiger partial charge on any atom is -0.486 e. The number of nitrogens with two attached hydrogens (primary N) is 1. The molecule has 5 nitrogen and oxygen atoms in total. The van der Waals surface area contributed by atoms with E-state index in [-0.39, 0.29) is 0 Å². The van der Waals surface area contributed by atoms with E-state index in [1.54, 1.807) is 0 Å². The largest absolute Gasteiger partial charge is 0.486 e. The molecule has 0 saturated heterocycles. The Morgan fingerprint density at radius 1 is 1.21 bits per heavy atom. The molecule has 1 aromatic heterocycles. The summed E-state index contributed by atoms with van der Waals surface area (Å²) in [6.07, 6.45) is 1.79. The van der Waals surface area contributed by atoms with Crippen LogP contribution in [0, 0.1) is 0 Å². The van der Waals surface area contributed by atoms with Gasteiger partial charge in [-0.1, -0.05) is 18.1 Å². The Kier molecular flexibility index (Phi) is 3.03. The third kappa shape index (κ3) is 2.12. The van der Waals surface area contributed by atoms with Crippen molar-refractivity contribution in [2.24, 2.45) is 0 Å². The van der Waals surface area contributed by atoms with Crippen molar-refractivity contribution in [3.63, 3.8) is 0 Å². The molecule has 0 atom stereocenters. The molecule has 2 aromatic rings. The summed E-state index contributed by atoms with van der Waals surface area (Å²) in [7, 11) is 0. The molecule has 3 rings (SSSR count). The van der Waals surface area contributed by atoms with Crippen molar-refractivity contribution in [2.75, 3.05) is 18.9 Å². The van der Waals surface area contributed by atoms with Crippen LogP contribution in [0.15, 0.2) is 22.7 Å². The summed E-state index contributed by atoms with van der Waals surface area (Å²) < 4.78 is 16.4. The molecule has 1 aliphatic heterocycles. The molecule has 0 saturated carbocycles. The number of rotatable bonds is 3. The Morgan fingerprint density at radius 2 is 2.00 bits per heavy atom. The highest BCUT2D eigenvalue weighted by Gasteiger charge is 2.18. The van der Waals surface area contributed by atoms with Gasteiger partial charge in [0.1, 0.15) is 19.0 Å². The first-order valence-corrected chi connectivity index (χ1v) is 6.43. The minimum atomic E-state index is 0.417. The smallest absolute Gasteiger partial charge is 0.175 e.